The van der Waals surface area contributed by atoms with Crippen LogP contribution in [0.2, 0.25) is 5.02 Å². The summed E-state index contributed by atoms with van der Waals surface area (Å²) in [4.78, 5) is 2.44. The van der Waals surface area contributed by atoms with E-state index in [2.05, 4.69) is 26.5 Å². The highest BCUT2D eigenvalue weighted by atomic mass is 35.5. The van der Waals surface area contributed by atoms with Gasteiger partial charge < -0.3 is 5.32 Å². The maximum Gasteiger partial charge on any atom is 0.205 e. The van der Waals surface area contributed by atoms with Gasteiger partial charge in [-0.15, -0.1) is 10.2 Å². The van der Waals surface area contributed by atoms with Crippen LogP contribution in [0.25, 0.3) is 0 Å². The third-order valence-electron chi connectivity index (χ3n) is 3.52. The Morgan fingerprint density at radius 1 is 1.40 bits per heavy atom. The predicted octanol–water partition coefficient (Wildman–Crippen LogP) is 2.97. The van der Waals surface area contributed by atoms with Gasteiger partial charge in [-0.05, 0) is 30.5 Å². The van der Waals surface area contributed by atoms with E-state index in [-0.39, 0.29) is 0 Å². The lowest BCUT2D eigenvalue weighted by atomic mass is 10.00. The highest BCUT2D eigenvalue weighted by Crippen LogP contribution is 2.25. The van der Waals surface area contributed by atoms with Crippen LogP contribution < -0.4 is 5.32 Å². The van der Waals surface area contributed by atoms with Crippen LogP contribution in [0.5, 0.6) is 0 Å². The summed E-state index contributed by atoms with van der Waals surface area (Å²) in [5, 5.41) is 14.2. The van der Waals surface area contributed by atoms with E-state index in [9.17, 15) is 0 Å². The van der Waals surface area contributed by atoms with Gasteiger partial charge >= 0.3 is 0 Å². The molecule has 1 aliphatic heterocycles. The Labute approximate surface area is 127 Å². The van der Waals surface area contributed by atoms with Crippen molar-refractivity contribution in [3.8, 4) is 0 Å². The number of anilines is 1. The number of hydrogen-bond acceptors (Lipinski definition) is 5. The van der Waals surface area contributed by atoms with E-state index in [0.717, 1.165) is 47.8 Å². The molecule has 6 heteroatoms. The molecule has 0 bridgehead atoms. The fourth-order valence-corrected chi connectivity index (χ4v) is 3.41. The van der Waals surface area contributed by atoms with Gasteiger partial charge in [0.15, 0.2) is 0 Å². The molecular formula is C14H17ClN4S. The highest BCUT2D eigenvalue weighted by Gasteiger charge is 2.17. The van der Waals surface area contributed by atoms with E-state index in [0.29, 0.717) is 0 Å². The van der Waals surface area contributed by atoms with E-state index in [1.54, 1.807) is 11.3 Å². The lowest BCUT2D eigenvalue weighted by Crippen LogP contribution is -2.34. The molecule has 0 radical (unpaired) electrons. The second-order valence-electron chi connectivity index (χ2n) is 4.96. The number of fused-ring (bicyclic) bond motifs is 1. The van der Waals surface area contributed by atoms with Crippen molar-refractivity contribution in [1.29, 1.82) is 0 Å². The monoisotopic (exact) mass is 308 g/mol. The Hall–Kier alpha value is -1.17. The minimum atomic E-state index is 0.893. The largest absolute Gasteiger partial charge is 0.359 e. The Morgan fingerprint density at radius 3 is 3.10 bits per heavy atom. The lowest BCUT2D eigenvalue weighted by molar-refractivity contribution is 0.264. The molecule has 2 heterocycles. The SMILES string of the molecule is Cc1nnc(NCCN2CCc3c(Cl)cccc3C2)s1. The zero-order valence-corrected chi connectivity index (χ0v) is 13.0. The average Bonchev–Trinajstić information content (AvgIpc) is 2.85. The van der Waals surface area contributed by atoms with Crippen molar-refractivity contribution in [3.63, 3.8) is 0 Å². The molecule has 4 nitrogen and oxygen atoms in total. The molecule has 3 rings (SSSR count). The molecule has 0 spiro atoms. The molecule has 20 heavy (non-hydrogen) atoms. The molecule has 1 aromatic heterocycles. The van der Waals surface area contributed by atoms with E-state index in [4.69, 9.17) is 11.6 Å². The first-order valence-electron chi connectivity index (χ1n) is 6.75. The van der Waals surface area contributed by atoms with Crippen molar-refractivity contribution in [2.75, 3.05) is 25.0 Å². The van der Waals surface area contributed by atoms with E-state index >= 15 is 0 Å². The van der Waals surface area contributed by atoms with Crippen LogP contribution in [0.1, 0.15) is 16.1 Å². The second-order valence-corrected chi connectivity index (χ2v) is 6.55. The average molecular weight is 309 g/mol. The Bertz CT molecular complexity index is 599. The van der Waals surface area contributed by atoms with Gasteiger partial charge in [0.2, 0.25) is 5.13 Å². The number of aryl methyl sites for hydroxylation is 1. The van der Waals surface area contributed by atoms with Gasteiger partial charge in [-0.3, -0.25) is 4.90 Å². The predicted molar refractivity (Wildman–Crippen MR) is 83.6 cm³/mol. The third-order valence-corrected chi connectivity index (χ3v) is 4.67. The minimum absolute atomic E-state index is 0.893. The standard InChI is InChI=1S/C14H17ClN4S/c1-10-17-18-14(20-10)16-6-8-19-7-5-12-11(9-19)3-2-4-13(12)15/h2-4H,5-9H2,1H3,(H,16,18). The summed E-state index contributed by atoms with van der Waals surface area (Å²) in [6.07, 6.45) is 1.03. The van der Waals surface area contributed by atoms with E-state index in [1.807, 2.05) is 19.1 Å². The second kappa shape index (κ2) is 6.08. The lowest BCUT2D eigenvalue weighted by Gasteiger charge is -2.29. The molecule has 0 fully saturated rings. The summed E-state index contributed by atoms with van der Waals surface area (Å²) in [6, 6.07) is 6.19. The fourth-order valence-electron chi connectivity index (χ4n) is 2.50. The van der Waals surface area contributed by atoms with Gasteiger partial charge in [0.1, 0.15) is 5.01 Å². The Kier molecular flexibility index (Phi) is 4.19. The van der Waals surface area contributed by atoms with Crippen LogP contribution in [0.15, 0.2) is 18.2 Å². The first-order valence-corrected chi connectivity index (χ1v) is 7.94. The number of hydrogen-bond donors (Lipinski definition) is 1. The van der Waals surface area contributed by atoms with E-state index < -0.39 is 0 Å². The smallest absolute Gasteiger partial charge is 0.205 e. The maximum atomic E-state index is 6.23. The number of halogens is 1. The molecule has 0 aliphatic carbocycles. The molecule has 2 aromatic rings. The van der Waals surface area contributed by atoms with Crippen molar-refractivity contribution >= 4 is 28.1 Å². The van der Waals surface area contributed by atoms with E-state index in [1.165, 1.54) is 11.1 Å². The Balaban J connectivity index is 1.53. The molecule has 1 aromatic carbocycles. The van der Waals surface area contributed by atoms with Gasteiger partial charge in [0.25, 0.3) is 0 Å². The number of nitrogens with one attached hydrogen (secondary N) is 1. The number of nitrogens with zero attached hydrogens (tertiary/aromatic N) is 3. The maximum absolute atomic E-state index is 6.23. The van der Waals surface area contributed by atoms with Crippen molar-refractivity contribution in [3.05, 3.63) is 39.4 Å². The quantitative estimate of drug-likeness (QED) is 0.943. The topological polar surface area (TPSA) is 41.1 Å². The summed E-state index contributed by atoms with van der Waals surface area (Å²) in [5.41, 5.74) is 2.67. The summed E-state index contributed by atoms with van der Waals surface area (Å²) in [7, 11) is 0. The first-order chi connectivity index (χ1) is 9.72. The van der Waals surface area contributed by atoms with Crippen molar-refractivity contribution < 1.29 is 0 Å². The third kappa shape index (κ3) is 3.11. The molecule has 0 amide bonds. The normalized spacial score (nSPS) is 15.1. The molecular weight excluding hydrogens is 292 g/mol. The van der Waals surface area contributed by atoms with Crippen LogP contribution >= 0.6 is 22.9 Å². The van der Waals surface area contributed by atoms with Gasteiger partial charge in [0, 0.05) is 31.2 Å². The van der Waals surface area contributed by atoms with Crippen LogP contribution in [0.3, 0.4) is 0 Å². The van der Waals surface area contributed by atoms with Crippen LogP contribution in [-0.4, -0.2) is 34.7 Å². The molecule has 0 saturated carbocycles. The van der Waals surface area contributed by atoms with Gasteiger partial charge in [0.05, 0.1) is 0 Å². The van der Waals surface area contributed by atoms with Gasteiger partial charge in [-0.2, -0.15) is 0 Å². The summed E-state index contributed by atoms with van der Waals surface area (Å²) >= 11 is 7.83. The zero-order chi connectivity index (χ0) is 13.9. The van der Waals surface area contributed by atoms with Crippen LogP contribution in [0, 0.1) is 6.92 Å². The first kappa shape index (κ1) is 13.8. The van der Waals surface area contributed by atoms with Gasteiger partial charge in [-0.25, -0.2) is 0 Å². The van der Waals surface area contributed by atoms with Crippen molar-refractivity contribution in [1.82, 2.24) is 15.1 Å². The number of aromatic nitrogens is 2. The molecule has 0 atom stereocenters. The molecule has 1 N–H and O–H groups in total. The van der Waals surface area contributed by atoms with Crippen LogP contribution in [-0.2, 0) is 13.0 Å². The van der Waals surface area contributed by atoms with Gasteiger partial charge in [-0.1, -0.05) is 35.1 Å². The Morgan fingerprint density at radius 2 is 2.30 bits per heavy atom. The fraction of sp³-hybridized carbons (Fsp3) is 0.429. The summed E-state index contributed by atoms with van der Waals surface area (Å²) in [5.74, 6) is 0. The molecule has 106 valence electrons. The highest BCUT2D eigenvalue weighted by molar-refractivity contribution is 7.15. The zero-order valence-electron chi connectivity index (χ0n) is 11.4. The molecule has 0 unspecified atom stereocenters. The minimum Gasteiger partial charge on any atom is -0.359 e. The van der Waals surface area contributed by atoms with Crippen molar-refractivity contribution in [2.45, 2.75) is 19.9 Å². The summed E-state index contributed by atoms with van der Waals surface area (Å²) < 4.78 is 0. The molecule has 0 saturated heterocycles. The number of benzene rings is 1. The molecule has 1 aliphatic rings. The van der Waals surface area contributed by atoms with Crippen LogP contribution in [0.4, 0.5) is 5.13 Å². The van der Waals surface area contributed by atoms with Crippen molar-refractivity contribution in [2.24, 2.45) is 0 Å². The number of rotatable bonds is 4. The summed E-state index contributed by atoms with van der Waals surface area (Å²) in [6.45, 7) is 5.91.